The van der Waals surface area contributed by atoms with Crippen LogP contribution in [-0.4, -0.2) is 56.6 Å². The maximum atomic E-state index is 12.3. The molecule has 0 spiro atoms. The first kappa shape index (κ1) is 19.3. The lowest BCUT2D eigenvalue weighted by Crippen LogP contribution is -2.45. The van der Waals surface area contributed by atoms with Gasteiger partial charge in [0.15, 0.2) is 0 Å². The van der Waals surface area contributed by atoms with Crippen LogP contribution < -0.4 is 16.6 Å². The van der Waals surface area contributed by atoms with Gasteiger partial charge < -0.3 is 15.4 Å². The Balaban J connectivity index is 1.57. The molecule has 0 bridgehead atoms. The average molecular weight is 378 g/mol. The fourth-order valence-corrected chi connectivity index (χ4v) is 3.76. The fraction of sp³-hybridized carbons (Fsp3) is 0.667. The lowest BCUT2D eigenvalue weighted by atomic mass is 10.1. The highest BCUT2D eigenvalue weighted by Crippen LogP contribution is 2.35. The molecule has 1 saturated carbocycles. The Labute approximate surface area is 156 Å². The predicted molar refractivity (Wildman–Crippen MR) is 97.5 cm³/mol. The van der Waals surface area contributed by atoms with Crippen molar-refractivity contribution >= 4 is 11.9 Å². The number of carbonyl (C=O) groups excluding carboxylic acids is 1. The number of nitrogens with one attached hydrogen (secondary N) is 2. The highest BCUT2D eigenvalue weighted by atomic mass is 16.4. The van der Waals surface area contributed by atoms with Gasteiger partial charge in [-0.05, 0) is 31.6 Å². The van der Waals surface area contributed by atoms with Crippen LogP contribution in [0.5, 0.6) is 0 Å². The maximum Gasteiger partial charge on any atom is 0.328 e. The third-order valence-corrected chi connectivity index (χ3v) is 5.49. The molecule has 148 valence electrons. The average Bonchev–Trinajstić information content (AvgIpc) is 3.36. The van der Waals surface area contributed by atoms with Crippen molar-refractivity contribution in [3.05, 3.63) is 32.6 Å². The highest BCUT2D eigenvalue weighted by Gasteiger charge is 2.37. The zero-order valence-electron chi connectivity index (χ0n) is 15.4. The molecule has 1 amide bonds. The molecule has 1 aromatic rings. The number of H-pyrrole nitrogens is 1. The number of hydrogen-bond donors (Lipinski definition) is 3. The van der Waals surface area contributed by atoms with Crippen molar-refractivity contribution in [1.29, 1.82) is 0 Å². The van der Waals surface area contributed by atoms with E-state index in [2.05, 4.69) is 15.2 Å². The molecule has 3 rings (SSSR count). The number of carbonyl (C=O) groups is 2. The Hall–Kier alpha value is -2.42. The predicted octanol–water partition coefficient (Wildman–Crippen LogP) is -0.550. The van der Waals surface area contributed by atoms with Gasteiger partial charge in [-0.2, -0.15) is 0 Å². The molecule has 9 nitrogen and oxygen atoms in total. The highest BCUT2D eigenvalue weighted by molar-refractivity contribution is 5.78. The van der Waals surface area contributed by atoms with Crippen molar-refractivity contribution < 1.29 is 14.7 Å². The van der Waals surface area contributed by atoms with Crippen LogP contribution >= 0.6 is 0 Å². The lowest BCUT2D eigenvalue weighted by Gasteiger charge is -2.29. The minimum absolute atomic E-state index is 0.0245. The van der Waals surface area contributed by atoms with Crippen molar-refractivity contribution in [3.63, 3.8) is 0 Å². The van der Waals surface area contributed by atoms with Crippen LogP contribution in [0.2, 0.25) is 0 Å². The molecule has 1 aromatic heterocycles. The van der Waals surface area contributed by atoms with Crippen LogP contribution in [0.1, 0.15) is 37.7 Å². The molecule has 1 saturated heterocycles. The second-order valence-electron chi connectivity index (χ2n) is 7.59. The summed E-state index contributed by atoms with van der Waals surface area (Å²) in [5.74, 6) is -0.437. The Bertz CT molecular complexity index is 826. The maximum absolute atomic E-state index is 12.3. The van der Waals surface area contributed by atoms with Gasteiger partial charge in [-0.25, -0.2) is 4.79 Å². The standard InChI is InChI=1S/C18H26N4O5/c1-21-17(26)12(8-20-18(21)27)6-15(23)19-9-14-5-4-13(7-16(24)25)22(14)10-11-2-3-11/h8,11,13-14H,2-7,9-10H2,1H3,(H,19,23)(H,20,27)(H,24,25)/t13-,14+/m1/s1. The second-order valence-corrected chi connectivity index (χ2v) is 7.59. The number of carboxylic acid groups (broad SMARTS) is 1. The molecular formula is C18H26N4O5. The van der Waals surface area contributed by atoms with Gasteiger partial charge in [0, 0.05) is 44.0 Å². The van der Waals surface area contributed by atoms with E-state index in [0.717, 1.165) is 24.0 Å². The van der Waals surface area contributed by atoms with Gasteiger partial charge in [0.05, 0.1) is 12.8 Å². The third kappa shape index (κ3) is 4.85. The van der Waals surface area contributed by atoms with E-state index in [0.29, 0.717) is 12.5 Å². The summed E-state index contributed by atoms with van der Waals surface area (Å²) in [5, 5.41) is 12.0. The normalized spacial score (nSPS) is 22.7. The molecule has 27 heavy (non-hydrogen) atoms. The number of nitrogens with zero attached hydrogens (tertiary/aromatic N) is 2. The van der Waals surface area contributed by atoms with Crippen LogP contribution in [0.25, 0.3) is 0 Å². The van der Waals surface area contributed by atoms with Gasteiger partial charge in [0.2, 0.25) is 5.91 Å². The van der Waals surface area contributed by atoms with Crippen molar-refractivity contribution in [3.8, 4) is 0 Å². The number of likely N-dealkylation sites (tertiary alicyclic amines) is 1. The van der Waals surface area contributed by atoms with Crippen molar-refractivity contribution in [2.75, 3.05) is 13.1 Å². The Morgan fingerprint density at radius 1 is 1.22 bits per heavy atom. The number of aromatic amines is 1. The van der Waals surface area contributed by atoms with E-state index in [1.165, 1.54) is 26.1 Å². The summed E-state index contributed by atoms with van der Waals surface area (Å²) in [6.07, 6.45) is 5.35. The van der Waals surface area contributed by atoms with Crippen molar-refractivity contribution in [1.82, 2.24) is 19.8 Å². The fourth-order valence-electron chi connectivity index (χ4n) is 3.76. The minimum Gasteiger partial charge on any atom is -0.481 e. The zero-order chi connectivity index (χ0) is 19.6. The molecule has 2 fully saturated rings. The van der Waals surface area contributed by atoms with Gasteiger partial charge in [0.1, 0.15) is 0 Å². The zero-order valence-corrected chi connectivity index (χ0v) is 15.4. The number of aromatic nitrogens is 2. The second kappa shape index (κ2) is 8.08. The molecule has 1 aliphatic carbocycles. The summed E-state index contributed by atoms with van der Waals surface area (Å²) in [7, 11) is 1.36. The number of carboxylic acids is 1. The number of rotatable bonds is 8. The first-order valence-electron chi connectivity index (χ1n) is 9.37. The molecule has 0 radical (unpaired) electrons. The van der Waals surface area contributed by atoms with E-state index in [9.17, 15) is 19.2 Å². The molecule has 2 heterocycles. The summed E-state index contributed by atoms with van der Waals surface area (Å²) in [4.78, 5) is 51.4. The molecular weight excluding hydrogens is 352 g/mol. The molecule has 9 heteroatoms. The summed E-state index contributed by atoms with van der Waals surface area (Å²) < 4.78 is 0.938. The first-order valence-corrected chi connectivity index (χ1v) is 9.37. The summed E-state index contributed by atoms with van der Waals surface area (Å²) >= 11 is 0. The van der Waals surface area contributed by atoms with E-state index in [4.69, 9.17) is 5.11 Å². The number of amides is 1. The Kier molecular flexibility index (Phi) is 5.79. The van der Waals surface area contributed by atoms with Crippen molar-refractivity contribution in [2.24, 2.45) is 13.0 Å². The SMILES string of the molecule is Cn1c(=O)[nH]cc(CC(=O)NC[C@@H]2CC[C@H](CC(=O)O)N2CC2CC2)c1=O. The van der Waals surface area contributed by atoms with Gasteiger partial charge in [-0.3, -0.25) is 23.9 Å². The number of hydrogen-bond acceptors (Lipinski definition) is 5. The van der Waals surface area contributed by atoms with Crippen LogP contribution in [0, 0.1) is 5.92 Å². The van der Waals surface area contributed by atoms with Gasteiger partial charge in [-0.15, -0.1) is 0 Å². The van der Waals surface area contributed by atoms with Crippen LogP contribution in [0.15, 0.2) is 15.8 Å². The molecule has 3 N–H and O–H groups in total. The van der Waals surface area contributed by atoms with E-state index in [1.54, 1.807) is 0 Å². The van der Waals surface area contributed by atoms with E-state index >= 15 is 0 Å². The van der Waals surface area contributed by atoms with Gasteiger partial charge >= 0.3 is 11.7 Å². The third-order valence-electron chi connectivity index (χ3n) is 5.49. The van der Waals surface area contributed by atoms with Crippen molar-refractivity contribution in [2.45, 2.75) is 50.6 Å². The quantitative estimate of drug-likeness (QED) is 0.558. The summed E-state index contributed by atoms with van der Waals surface area (Å²) in [6.45, 7) is 1.32. The van der Waals surface area contributed by atoms with E-state index < -0.39 is 17.2 Å². The summed E-state index contributed by atoms with van der Waals surface area (Å²) in [5.41, 5.74) is -0.762. The lowest BCUT2D eigenvalue weighted by molar-refractivity contribution is -0.138. The summed E-state index contributed by atoms with van der Waals surface area (Å²) in [6, 6.07) is 0.147. The Morgan fingerprint density at radius 2 is 1.93 bits per heavy atom. The Morgan fingerprint density at radius 3 is 2.59 bits per heavy atom. The van der Waals surface area contributed by atoms with E-state index in [1.807, 2.05) is 0 Å². The van der Waals surface area contributed by atoms with Gasteiger partial charge in [-0.1, -0.05) is 0 Å². The molecule has 0 aromatic carbocycles. The van der Waals surface area contributed by atoms with Crippen LogP contribution in [0.4, 0.5) is 0 Å². The smallest absolute Gasteiger partial charge is 0.328 e. The number of aliphatic carboxylic acids is 1. The topological polar surface area (TPSA) is 124 Å². The monoisotopic (exact) mass is 378 g/mol. The molecule has 1 aliphatic heterocycles. The molecule has 0 unspecified atom stereocenters. The van der Waals surface area contributed by atoms with E-state index in [-0.39, 0.29) is 36.4 Å². The largest absolute Gasteiger partial charge is 0.481 e. The minimum atomic E-state index is -0.792. The van der Waals surface area contributed by atoms with Gasteiger partial charge in [0.25, 0.3) is 5.56 Å². The van der Waals surface area contributed by atoms with Crippen LogP contribution in [-0.2, 0) is 23.1 Å². The molecule has 2 atom stereocenters. The first-order chi connectivity index (χ1) is 12.8. The van der Waals surface area contributed by atoms with Crippen LogP contribution in [0.3, 0.4) is 0 Å². The molecule has 2 aliphatic rings.